The van der Waals surface area contributed by atoms with E-state index in [9.17, 15) is 15.0 Å². The predicted octanol–water partition coefficient (Wildman–Crippen LogP) is 2.39. The summed E-state index contributed by atoms with van der Waals surface area (Å²) in [6.45, 7) is 9.52. The number of hydrogen-bond acceptors (Lipinski definition) is 4. The van der Waals surface area contributed by atoms with Gasteiger partial charge in [0, 0.05) is 26.1 Å². The van der Waals surface area contributed by atoms with Crippen LogP contribution in [0.4, 0.5) is 0 Å². The van der Waals surface area contributed by atoms with Crippen molar-refractivity contribution >= 4 is 5.78 Å². The number of aliphatic hydroxyl groups is 2. The third-order valence-corrected chi connectivity index (χ3v) is 9.46. The van der Waals surface area contributed by atoms with Gasteiger partial charge in [-0.3, -0.25) is 9.69 Å². The fourth-order valence-electron chi connectivity index (χ4n) is 8.53. The van der Waals surface area contributed by atoms with Crippen LogP contribution in [0.15, 0.2) is 12.2 Å². The van der Waals surface area contributed by atoms with Crippen LogP contribution in [0, 0.1) is 34.0 Å². The van der Waals surface area contributed by atoms with Crippen molar-refractivity contribution in [3.63, 3.8) is 0 Å². The quantitative estimate of drug-likeness (QED) is 0.743. The van der Waals surface area contributed by atoms with Gasteiger partial charge in [-0.2, -0.15) is 0 Å². The van der Waals surface area contributed by atoms with Crippen LogP contribution in [0.5, 0.6) is 0 Å². The molecule has 0 aromatic carbocycles. The lowest BCUT2D eigenvalue weighted by Gasteiger charge is -2.72. The molecule has 6 aliphatic rings. The van der Waals surface area contributed by atoms with Gasteiger partial charge < -0.3 is 10.2 Å². The van der Waals surface area contributed by atoms with Gasteiger partial charge in [0.25, 0.3) is 0 Å². The van der Waals surface area contributed by atoms with Crippen molar-refractivity contribution in [1.29, 1.82) is 0 Å². The van der Waals surface area contributed by atoms with E-state index in [0.29, 0.717) is 30.0 Å². The average molecular weight is 360 g/mol. The average Bonchev–Trinajstić information content (AvgIpc) is 2.60. The first kappa shape index (κ1) is 17.4. The van der Waals surface area contributed by atoms with Crippen LogP contribution in [0.1, 0.15) is 51.9 Å². The number of likely N-dealkylation sites (tertiary alicyclic amines) is 1. The molecule has 6 fully saturated rings. The van der Waals surface area contributed by atoms with E-state index in [1.807, 2.05) is 0 Å². The number of β-amino-alcohol motifs (C(OH)–C–C–N with tert-alkyl or cyclic N) is 1. The SMILES string of the molecule is C=C1[C@H]2CC[C@@]3(C(=O)C[C@@H]4[C@]5(C)CCC[C@@]4(CN(CCO)C5)[C@@H]3C2)[C@@H]1O. The van der Waals surface area contributed by atoms with Crippen LogP contribution in [0.3, 0.4) is 0 Å². The van der Waals surface area contributed by atoms with E-state index in [4.69, 9.17) is 0 Å². The molecular formula is C22H33NO3. The largest absolute Gasteiger partial charge is 0.395 e. The molecule has 5 saturated carbocycles. The highest BCUT2D eigenvalue weighted by Crippen LogP contribution is 2.72. The van der Waals surface area contributed by atoms with Crippen LogP contribution >= 0.6 is 0 Å². The second kappa shape index (κ2) is 5.42. The number of ketones is 1. The lowest BCUT2D eigenvalue weighted by molar-refractivity contribution is -0.230. The highest BCUT2D eigenvalue weighted by atomic mass is 16.3. The van der Waals surface area contributed by atoms with Gasteiger partial charge in [-0.25, -0.2) is 0 Å². The third kappa shape index (κ3) is 1.89. The van der Waals surface area contributed by atoms with Crippen LogP contribution in [0.2, 0.25) is 0 Å². The second-order valence-corrected chi connectivity index (χ2v) is 10.4. The highest BCUT2D eigenvalue weighted by Gasteiger charge is 2.72. The molecule has 0 unspecified atom stereocenters. The number of Topliss-reactive ketones (excluding diaryl/α,β-unsaturated/α-hetero) is 1. The van der Waals surface area contributed by atoms with Crippen LogP contribution in [-0.2, 0) is 4.79 Å². The number of fused-ring (bicyclic) bond motifs is 2. The van der Waals surface area contributed by atoms with Crippen molar-refractivity contribution in [1.82, 2.24) is 4.90 Å². The summed E-state index contributed by atoms with van der Waals surface area (Å²) in [6, 6.07) is 0. The Kier molecular flexibility index (Phi) is 3.63. The van der Waals surface area contributed by atoms with Crippen molar-refractivity contribution in [2.45, 2.75) is 58.0 Å². The lowest BCUT2D eigenvalue weighted by Crippen LogP contribution is -2.73. The molecule has 7 atom stereocenters. The maximum Gasteiger partial charge on any atom is 0.142 e. The zero-order valence-corrected chi connectivity index (χ0v) is 16.0. The molecule has 1 aliphatic heterocycles. The summed E-state index contributed by atoms with van der Waals surface area (Å²) >= 11 is 0. The van der Waals surface area contributed by atoms with Gasteiger partial charge in [-0.05, 0) is 66.3 Å². The minimum absolute atomic E-state index is 0.134. The molecule has 4 heteroatoms. The minimum atomic E-state index is -0.635. The molecule has 4 bridgehead atoms. The Hall–Kier alpha value is -0.710. The van der Waals surface area contributed by atoms with Gasteiger partial charge in [0.2, 0.25) is 0 Å². The molecule has 5 aliphatic carbocycles. The van der Waals surface area contributed by atoms with Gasteiger partial charge >= 0.3 is 0 Å². The van der Waals surface area contributed by atoms with Crippen molar-refractivity contribution in [2.24, 2.45) is 34.0 Å². The first-order valence-corrected chi connectivity index (χ1v) is 10.6. The summed E-state index contributed by atoms with van der Waals surface area (Å²) in [5.74, 6) is 1.46. The molecule has 2 N–H and O–H groups in total. The maximum atomic E-state index is 13.5. The Morgan fingerprint density at radius 3 is 2.81 bits per heavy atom. The Labute approximate surface area is 156 Å². The fourth-order valence-corrected chi connectivity index (χ4v) is 8.53. The Bertz CT molecular complexity index is 662. The van der Waals surface area contributed by atoms with E-state index in [1.165, 1.54) is 19.3 Å². The monoisotopic (exact) mass is 359 g/mol. The van der Waals surface area contributed by atoms with Crippen LogP contribution in [-0.4, -0.2) is 53.2 Å². The van der Waals surface area contributed by atoms with Gasteiger partial charge in [-0.15, -0.1) is 0 Å². The molecule has 0 aromatic rings. The van der Waals surface area contributed by atoms with E-state index >= 15 is 0 Å². The van der Waals surface area contributed by atoms with Crippen molar-refractivity contribution in [3.05, 3.63) is 12.2 Å². The molecule has 1 spiro atoms. The zero-order valence-electron chi connectivity index (χ0n) is 16.0. The topological polar surface area (TPSA) is 60.8 Å². The molecule has 0 aromatic heterocycles. The van der Waals surface area contributed by atoms with E-state index in [2.05, 4.69) is 18.4 Å². The molecule has 0 amide bonds. The standard InChI is InChI=1S/C22H33NO3/c1-14-15-4-7-22(19(14)26)17(10-15)21-6-3-5-20(2,16(21)11-18(22)25)12-23(13-21)8-9-24/h15-17,19,24,26H,1,3-13H2,2H3/t15-,16+,17-,19+,20+,21-,22+/m0/s1. The fraction of sp³-hybridized carbons (Fsp3) is 0.864. The smallest absolute Gasteiger partial charge is 0.142 e. The Morgan fingerprint density at radius 2 is 2.04 bits per heavy atom. The molecule has 0 radical (unpaired) electrons. The number of carbonyl (C=O) groups is 1. The highest BCUT2D eigenvalue weighted by molar-refractivity contribution is 5.88. The zero-order chi connectivity index (χ0) is 18.3. The molecule has 144 valence electrons. The summed E-state index contributed by atoms with van der Waals surface area (Å²) < 4.78 is 0. The van der Waals surface area contributed by atoms with Gasteiger partial charge in [0.05, 0.1) is 18.1 Å². The van der Waals surface area contributed by atoms with E-state index < -0.39 is 11.5 Å². The summed E-state index contributed by atoms with van der Waals surface area (Å²) in [7, 11) is 0. The van der Waals surface area contributed by atoms with Crippen molar-refractivity contribution < 1.29 is 15.0 Å². The summed E-state index contributed by atoms with van der Waals surface area (Å²) in [5.41, 5.74) is 0.663. The van der Waals surface area contributed by atoms with E-state index in [0.717, 1.165) is 44.5 Å². The predicted molar refractivity (Wildman–Crippen MR) is 99.4 cm³/mol. The first-order chi connectivity index (χ1) is 12.4. The normalized spacial score (nSPS) is 53.3. The number of piperidine rings is 1. The summed E-state index contributed by atoms with van der Waals surface area (Å²) in [6.07, 6.45) is 6.54. The summed E-state index contributed by atoms with van der Waals surface area (Å²) in [4.78, 5) is 16.0. The summed E-state index contributed by atoms with van der Waals surface area (Å²) in [5, 5.41) is 20.7. The number of carbonyl (C=O) groups excluding carboxylic acids is 1. The molecule has 1 heterocycles. The molecule has 1 saturated heterocycles. The van der Waals surface area contributed by atoms with Crippen molar-refractivity contribution in [2.75, 3.05) is 26.2 Å². The minimum Gasteiger partial charge on any atom is -0.395 e. The third-order valence-electron chi connectivity index (χ3n) is 9.46. The number of nitrogens with zero attached hydrogens (tertiary/aromatic N) is 1. The Morgan fingerprint density at radius 1 is 1.23 bits per heavy atom. The number of rotatable bonds is 2. The molecule has 26 heavy (non-hydrogen) atoms. The van der Waals surface area contributed by atoms with Gasteiger partial charge in [0.1, 0.15) is 5.78 Å². The van der Waals surface area contributed by atoms with Gasteiger partial charge in [-0.1, -0.05) is 19.9 Å². The lowest BCUT2D eigenvalue weighted by atomic mass is 9.34. The molecule has 6 rings (SSSR count). The van der Waals surface area contributed by atoms with E-state index in [1.54, 1.807) is 0 Å². The maximum absolute atomic E-state index is 13.5. The van der Waals surface area contributed by atoms with Crippen LogP contribution < -0.4 is 0 Å². The Balaban J connectivity index is 1.64. The van der Waals surface area contributed by atoms with E-state index in [-0.39, 0.29) is 17.4 Å². The molecule has 4 nitrogen and oxygen atoms in total. The second-order valence-electron chi connectivity index (χ2n) is 10.4. The molecular weight excluding hydrogens is 326 g/mol. The first-order valence-electron chi connectivity index (χ1n) is 10.6. The van der Waals surface area contributed by atoms with Crippen LogP contribution in [0.25, 0.3) is 0 Å². The number of aliphatic hydroxyl groups excluding tert-OH is 2. The van der Waals surface area contributed by atoms with Crippen molar-refractivity contribution in [3.8, 4) is 0 Å². The van der Waals surface area contributed by atoms with Gasteiger partial charge in [0.15, 0.2) is 0 Å². The number of hydrogen-bond donors (Lipinski definition) is 2.